The lowest BCUT2D eigenvalue weighted by atomic mass is 10.1. The molecule has 0 unspecified atom stereocenters. The van der Waals surface area contributed by atoms with Crippen LogP contribution in [0.3, 0.4) is 0 Å². The number of nitrogens with one attached hydrogen (secondary N) is 2. The Morgan fingerprint density at radius 1 is 1.26 bits per heavy atom. The molecule has 1 aromatic heterocycles. The molecule has 0 spiro atoms. The fourth-order valence-corrected chi connectivity index (χ4v) is 3.40. The van der Waals surface area contributed by atoms with Crippen LogP contribution in [0.15, 0.2) is 6.07 Å². The molecule has 0 amide bonds. The van der Waals surface area contributed by atoms with E-state index in [0.717, 1.165) is 31.4 Å². The van der Waals surface area contributed by atoms with Crippen LogP contribution in [0.5, 0.6) is 0 Å². The van der Waals surface area contributed by atoms with Gasteiger partial charge in [0.1, 0.15) is 0 Å². The van der Waals surface area contributed by atoms with Crippen molar-refractivity contribution in [3.63, 3.8) is 0 Å². The van der Waals surface area contributed by atoms with E-state index in [0.29, 0.717) is 24.8 Å². The molecule has 2 heterocycles. The van der Waals surface area contributed by atoms with Gasteiger partial charge in [0, 0.05) is 24.8 Å². The predicted octanol–water partition coefficient (Wildman–Crippen LogP) is 2.07. The Morgan fingerprint density at radius 3 is 2.42 bits per heavy atom. The van der Waals surface area contributed by atoms with Gasteiger partial charge in [-0.1, -0.05) is 26.7 Å². The van der Waals surface area contributed by atoms with Crippen LogP contribution in [-0.4, -0.2) is 36.0 Å². The van der Waals surface area contributed by atoms with Crippen molar-refractivity contribution >= 4 is 16.0 Å². The Hall–Kier alpha value is -1.08. The van der Waals surface area contributed by atoms with Crippen LogP contribution in [0, 0.1) is 0 Å². The van der Waals surface area contributed by atoms with Crippen molar-refractivity contribution in [2.75, 3.05) is 17.8 Å². The maximum atomic E-state index is 12.2. The van der Waals surface area contributed by atoms with Crippen molar-refractivity contribution in [3.05, 3.63) is 11.8 Å². The summed E-state index contributed by atoms with van der Waals surface area (Å²) < 4.78 is 28.6. The summed E-state index contributed by atoms with van der Waals surface area (Å²) in [6.07, 6.45) is 4.06. The summed E-state index contributed by atoms with van der Waals surface area (Å²) in [4.78, 5) is 0. The zero-order chi connectivity index (χ0) is 13.9. The summed E-state index contributed by atoms with van der Waals surface area (Å²) in [6, 6.07) is 1.75. The van der Waals surface area contributed by atoms with Gasteiger partial charge in [0.2, 0.25) is 0 Å². The number of nitrogens with zero attached hydrogens (tertiary/aromatic N) is 2. The molecule has 2 rings (SSSR count). The van der Waals surface area contributed by atoms with E-state index in [9.17, 15) is 8.42 Å². The van der Waals surface area contributed by atoms with Crippen molar-refractivity contribution in [2.45, 2.75) is 45.4 Å². The summed E-state index contributed by atoms with van der Waals surface area (Å²) >= 11 is 0. The van der Waals surface area contributed by atoms with Crippen LogP contribution < -0.4 is 4.72 Å². The van der Waals surface area contributed by atoms with Gasteiger partial charge in [-0.15, -0.1) is 0 Å². The van der Waals surface area contributed by atoms with Crippen LogP contribution in [0.4, 0.5) is 5.82 Å². The largest absolute Gasteiger partial charge is 0.302 e. The van der Waals surface area contributed by atoms with Gasteiger partial charge < -0.3 is 0 Å². The molecule has 0 aliphatic carbocycles. The lowest BCUT2D eigenvalue weighted by Gasteiger charge is -2.19. The first kappa shape index (κ1) is 14.3. The maximum Gasteiger partial charge on any atom is 0.302 e. The van der Waals surface area contributed by atoms with Gasteiger partial charge in [-0.3, -0.25) is 9.82 Å². The van der Waals surface area contributed by atoms with E-state index in [2.05, 4.69) is 14.9 Å². The van der Waals surface area contributed by atoms with Crippen molar-refractivity contribution < 1.29 is 8.42 Å². The Bertz CT molecular complexity index is 502. The van der Waals surface area contributed by atoms with Gasteiger partial charge >= 0.3 is 10.2 Å². The molecule has 1 aromatic rings. The molecule has 1 aliphatic rings. The minimum Gasteiger partial charge on any atom is -0.280 e. The number of aromatic amines is 1. The Labute approximate surface area is 114 Å². The number of hydrogen-bond donors (Lipinski definition) is 2. The average molecular weight is 286 g/mol. The number of anilines is 1. The second-order valence-electron chi connectivity index (χ2n) is 5.28. The molecule has 0 bridgehead atoms. The van der Waals surface area contributed by atoms with Gasteiger partial charge in [0.05, 0.1) is 0 Å². The highest BCUT2D eigenvalue weighted by molar-refractivity contribution is 7.90. The maximum absolute atomic E-state index is 12.2. The molecule has 6 nitrogen and oxygen atoms in total. The fourth-order valence-electron chi connectivity index (χ4n) is 2.16. The van der Waals surface area contributed by atoms with Gasteiger partial charge in [-0.25, -0.2) is 0 Å². The zero-order valence-corrected chi connectivity index (χ0v) is 12.3. The van der Waals surface area contributed by atoms with E-state index in [-0.39, 0.29) is 0 Å². The lowest BCUT2D eigenvalue weighted by Crippen LogP contribution is -2.36. The molecule has 0 saturated carbocycles. The fraction of sp³-hybridized carbons (Fsp3) is 0.750. The molecule has 0 radical (unpaired) electrons. The molecule has 1 aliphatic heterocycles. The Kier molecular flexibility index (Phi) is 4.46. The first-order valence-electron chi connectivity index (χ1n) is 6.82. The predicted molar refractivity (Wildman–Crippen MR) is 75.3 cm³/mol. The zero-order valence-electron chi connectivity index (χ0n) is 11.5. The number of H-pyrrole nitrogens is 1. The van der Waals surface area contributed by atoms with Crippen LogP contribution in [0.2, 0.25) is 0 Å². The quantitative estimate of drug-likeness (QED) is 0.889. The number of aromatic nitrogens is 2. The van der Waals surface area contributed by atoms with E-state index < -0.39 is 10.2 Å². The molecule has 2 N–H and O–H groups in total. The first-order chi connectivity index (χ1) is 8.99. The van der Waals surface area contributed by atoms with E-state index in [1.165, 1.54) is 4.31 Å². The van der Waals surface area contributed by atoms with Crippen LogP contribution in [0.25, 0.3) is 0 Å². The van der Waals surface area contributed by atoms with Crippen LogP contribution >= 0.6 is 0 Å². The second kappa shape index (κ2) is 5.92. The van der Waals surface area contributed by atoms with Gasteiger partial charge in [-0.2, -0.15) is 17.8 Å². The smallest absolute Gasteiger partial charge is 0.280 e. The Balaban J connectivity index is 2.06. The Morgan fingerprint density at radius 2 is 1.89 bits per heavy atom. The lowest BCUT2D eigenvalue weighted by molar-refractivity contribution is 0.427. The minimum absolute atomic E-state index is 0.295. The number of rotatable bonds is 4. The van der Waals surface area contributed by atoms with Gasteiger partial charge in [0.25, 0.3) is 0 Å². The first-order valence-corrected chi connectivity index (χ1v) is 8.26. The van der Waals surface area contributed by atoms with E-state index in [1.54, 1.807) is 6.07 Å². The third kappa shape index (κ3) is 3.70. The number of hydrogen-bond acceptors (Lipinski definition) is 3. The summed E-state index contributed by atoms with van der Waals surface area (Å²) in [5.41, 5.74) is 0.925. The van der Waals surface area contributed by atoms with E-state index in [4.69, 9.17) is 0 Å². The normalized spacial score (nSPS) is 18.5. The van der Waals surface area contributed by atoms with Crippen LogP contribution in [-0.2, 0) is 10.2 Å². The second-order valence-corrected chi connectivity index (χ2v) is 6.95. The summed E-state index contributed by atoms with van der Waals surface area (Å²) in [6.45, 7) is 5.24. The minimum atomic E-state index is -3.47. The monoisotopic (exact) mass is 286 g/mol. The highest BCUT2D eigenvalue weighted by Crippen LogP contribution is 2.18. The van der Waals surface area contributed by atoms with Gasteiger partial charge in [-0.05, 0) is 18.8 Å². The molecular weight excluding hydrogens is 264 g/mol. The van der Waals surface area contributed by atoms with E-state index in [1.807, 2.05) is 13.8 Å². The highest BCUT2D eigenvalue weighted by Gasteiger charge is 2.23. The van der Waals surface area contributed by atoms with E-state index >= 15 is 0 Å². The molecule has 108 valence electrons. The molecule has 1 saturated heterocycles. The topological polar surface area (TPSA) is 78.1 Å². The molecule has 1 fully saturated rings. The molecule has 0 atom stereocenters. The van der Waals surface area contributed by atoms with Crippen molar-refractivity contribution in [3.8, 4) is 0 Å². The third-order valence-electron chi connectivity index (χ3n) is 3.36. The van der Waals surface area contributed by atoms with Crippen LogP contribution in [0.1, 0.15) is 51.1 Å². The highest BCUT2D eigenvalue weighted by atomic mass is 32.2. The standard InChI is InChI=1S/C12H22N4O2S/c1-10(2)11-9-12(14-13-11)15-19(17,18)16-7-5-3-4-6-8-16/h9-10H,3-8H2,1-2H3,(H2,13,14,15). The summed E-state index contributed by atoms with van der Waals surface area (Å²) in [5, 5.41) is 6.85. The van der Waals surface area contributed by atoms with Crippen molar-refractivity contribution in [1.82, 2.24) is 14.5 Å². The summed E-state index contributed by atoms with van der Waals surface area (Å²) in [5.74, 6) is 0.664. The molecule has 7 heteroatoms. The average Bonchev–Trinajstić information content (AvgIpc) is 2.63. The molecular formula is C12H22N4O2S. The van der Waals surface area contributed by atoms with Crippen molar-refractivity contribution in [2.24, 2.45) is 0 Å². The molecule has 19 heavy (non-hydrogen) atoms. The SMILES string of the molecule is CC(C)c1cc(NS(=O)(=O)N2CCCCCC2)n[nH]1. The van der Waals surface area contributed by atoms with Gasteiger partial charge in [0.15, 0.2) is 5.82 Å². The molecule has 0 aromatic carbocycles. The third-order valence-corrected chi connectivity index (χ3v) is 4.87. The summed E-state index contributed by atoms with van der Waals surface area (Å²) in [7, 11) is -3.47. The van der Waals surface area contributed by atoms with Crippen molar-refractivity contribution in [1.29, 1.82) is 0 Å².